The van der Waals surface area contributed by atoms with E-state index in [9.17, 15) is 4.79 Å². The predicted molar refractivity (Wildman–Crippen MR) is 78.3 cm³/mol. The number of fused-ring (bicyclic) bond motifs is 1. The number of aryl methyl sites for hydroxylation is 2. The zero-order valence-electron chi connectivity index (χ0n) is 13.2. The van der Waals surface area contributed by atoms with Crippen molar-refractivity contribution < 1.29 is 14.1 Å². The van der Waals surface area contributed by atoms with E-state index in [1.165, 1.54) is 0 Å². The number of ether oxygens (including phenoxy) is 1. The molecule has 0 saturated carbocycles. The van der Waals surface area contributed by atoms with Crippen molar-refractivity contribution in [3.05, 3.63) is 34.5 Å². The van der Waals surface area contributed by atoms with Crippen LogP contribution in [0.5, 0.6) is 0 Å². The van der Waals surface area contributed by atoms with Gasteiger partial charge in [0, 0.05) is 25.1 Å². The summed E-state index contributed by atoms with van der Waals surface area (Å²) < 4.78 is 12.4. The van der Waals surface area contributed by atoms with Gasteiger partial charge in [0.2, 0.25) is 0 Å². The molecule has 0 aliphatic carbocycles. The Hall–Kier alpha value is -2.15. The molecule has 0 radical (unpaired) electrons. The zero-order valence-corrected chi connectivity index (χ0v) is 13.2. The Bertz CT molecular complexity index is 704. The molecule has 1 amide bonds. The third-order valence-corrected chi connectivity index (χ3v) is 3.81. The van der Waals surface area contributed by atoms with Gasteiger partial charge in [-0.3, -0.25) is 9.48 Å². The van der Waals surface area contributed by atoms with Crippen LogP contribution in [-0.4, -0.2) is 26.9 Å². The molecular weight excluding hydrogens is 284 g/mol. The lowest BCUT2D eigenvalue weighted by Gasteiger charge is -2.24. The largest absolute Gasteiger partial charge is 0.369 e. The first-order valence-corrected chi connectivity index (χ1v) is 7.37. The molecule has 7 nitrogen and oxygen atoms in total. The summed E-state index contributed by atoms with van der Waals surface area (Å²) in [4.78, 5) is 12.5. The first-order chi connectivity index (χ1) is 10.5. The lowest BCUT2D eigenvalue weighted by Crippen LogP contribution is -2.28. The van der Waals surface area contributed by atoms with Gasteiger partial charge in [-0.25, -0.2) is 0 Å². The Morgan fingerprint density at radius 1 is 1.50 bits per heavy atom. The van der Waals surface area contributed by atoms with Crippen molar-refractivity contribution in [3.8, 4) is 0 Å². The number of nitrogens with zero attached hydrogens (tertiary/aromatic N) is 3. The molecule has 2 atom stereocenters. The lowest BCUT2D eigenvalue weighted by molar-refractivity contribution is -0.00710. The van der Waals surface area contributed by atoms with Crippen LogP contribution in [-0.2, 0) is 24.8 Å². The fourth-order valence-corrected chi connectivity index (χ4v) is 2.90. The maximum Gasteiger partial charge on any atom is 0.270 e. The average molecular weight is 304 g/mol. The highest BCUT2D eigenvalue weighted by molar-refractivity contribution is 5.94. The molecule has 0 fully saturated rings. The van der Waals surface area contributed by atoms with Gasteiger partial charge in [0.25, 0.3) is 5.91 Å². The second-order valence-corrected chi connectivity index (χ2v) is 5.74. The highest BCUT2D eigenvalue weighted by Gasteiger charge is 2.31. The molecule has 22 heavy (non-hydrogen) atoms. The molecule has 1 N–H and O–H groups in total. The summed E-state index contributed by atoms with van der Waals surface area (Å²) in [5.41, 5.74) is 3.12. The summed E-state index contributed by atoms with van der Waals surface area (Å²) >= 11 is 0. The van der Waals surface area contributed by atoms with Crippen LogP contribution in [0, 0.1) is 6.92 Å². The Kier molecular flexibility index (Phi) is 3.74. The van der Waals surface area contributed by atoms with Gasteiger partial charge >= 0.3 is 0 Å². The van der Waals surface area contributed by atoms with Gasteiger partial charge in [0.05, 0.1) is 24.4 Å². The fraction of sp³-hybridized carbons (Fsp3) is 0.533. The molecular formula is C15H20N4O3. The number of aromatic nitrogens is 3. The van der Waals surface area contributed by atoms with Crippen molar-refractivity contribution in [2.45, 2.75) is 45.9 Å². The minimum absolute atomic E-state index is 0.0800. The maximum atomic E-state index is 12.5. The first kappa shape index (κ1) is 14.8. The highest BCUT2D eigenvalue weighted by Crippen LogP contribution is 2.31. The van der Waals surface area contributed by atoms with Gasteiger partial charge in [0.1, 0.15) is 17.1 Å². The summed E-state index contributed by atoms with van der Waals surface area (Å²) in [6, 6.07) is 1.80. The second kappa shape index (κ2) is 5.57. The predicted octanol–water partition coefficient (Wildman–Crippen LogP) is 1.67. The summed E-state index contributed by atoms with van der Waals surface area (Å²) in [5, 5.41) is 11.2. The number of hydrogen-bond acceptors (Lipinski definition) is 5. The van der Waals surface area contributed by atoms with E-state index in [0.717, 1.165) is 17.0 Å². The van der Waals surface area contributed by atoms with Crippen LogP contribution >= 0.6 is 0 Å². The molecule has 0 spiro atoms. The van der Waals surface area contributed by atoms with E-state index >= 15 is 0 Å². The molecule has 2 aromatic heterocycles. The normalized spacial score (nSPS) is 20.7. The standard InChI is InChI=1S/C15H20N4O3/c1-8-6-12-13(10(3)21-8)17-19(4)14(12)15(20)16-7-11-5-9(2)22-18-11/h5,8,10H,6-7H2,1-4H3,(H,16,20)/t8-,10+/m1/s1. The minimum atomic E-state index is -0.154. The third-order valence-electron chi connectivity index (χ3n) is 3.81. The lowest BCUT2D eigenvalue weighted by atomic mass is 9.99. The maximum absolute atomic E-state index is 12.5. The van der Waals surface area contributed by atoms with Crippen LogP contribution in [0.15, 0.2) is 10.6 Å². The Morgan fingerprint density at radius 3 is 2.95 bits per heavy atom. The molecule has 0 saturated heterocycles. The number of rotatable bonds is 3. The zero-order chi connectivity index (χ0) is 15.9. The molecule has 0 unspecified atom stereocenters. The molecule has 3 heterocycles. The van der Waals surface area contributed by atoms with Gasteiger partial charge in [-0.15, -0.1) is 0 Å². The Balaban J connectivity index is 1.81. The smallest absolute Gasteiger partial charge is 0.270 e. The van der Waals surface area contributed by atoms with Gasteiger partial charge in [-0.05, 0) is 20.8 Å². The number of hydrogen-bond donors (Lipinski definition) is 1. The number of carbonyl (C=O) groups is 1. The molecule has 1 aliphatic rings. The van der Waals surface area contributed by atoms with Crippen molar-refractivity contribution in [2.75, 3.05) is 0 Å². The molecule has 2 aromatic rings. The van der Waals surface area contributed by atoms with E-state index in [2.05, 4.69) is 15.6 Å². The van der Waals surface area contributed by atoms with Crippen molar-refractivity contribution in [1.29, 1.82) is 0 Å². The molecule has 7 heteroatoms. The molecule has 3 rings (SSSR count). The van der Waals surface area contributed by atoms with Crippen molar-refractivity contribution in [2.24, 2.45) is 7.05 Å². The summed E-state index contributed by atoms with van der Waals surface area (Å²) in [7, 11) is 1.78. The van der Waals surface area contributed by atoms with Crippen LogP contribution in [0.2, 0.25) is 0 Å². The molecule has 0 bridgehead atoms. The van der Waals surface area contributed by atoms with Crippen LogP contribution in [0.4, 0.5) is 0 Å². The summed E-state index contributed by atoms with van der Waals surface area (Å²) in [5.74, 6) is 0.570. The molecule has 118 valence electrons. The van der Waals surface area contributed by atoms with Crippen LogP contribution < -0.4 is 5.32 Å². The van der Waals surface area contributed by atoms with Gasteiger partial charge in [-0.1, -0.05) is 5.16 Å². The van der Waals surface area contributed by atoms with E-state index < -0.39 is 0 Å². The van der Waals surface area contributed by atoms with Crippen molar-refractivity contribution in [1.82, 2.24) is 20.3 Å². The van der Waals surface area contributed by atoms with E-state index in [0.29, 0.717) is 24.4 Å². The fourth-order valence-electron chi connectivity index (χ4n) is 2.90. The van der Waals surface area contributed by atoms with Gasteiger partial charge in [0.15, 0.2) is 0 Å². The summed E-state index contributed by atoms with van der Waals surface area (Å²) in [6.07, 6.45) is 0.681. The molecule has 1 aliphatic heterocycles. The Morgan fingerprint density at radius 2 is 2.27 bits per heavy atom. The SMILES string of the molecule is Cc1cc(CNC(=O)c2c3c(nn2C)[C@H](C)O[C@H](C)C3)no1. The van der Waals surface area contributed by atoms with Gasteiger partial charge < -0.3 is 14.6 Å². The molecule has 0 aromatic carbocycles. The number of amides is 1. The first-order valence-electron chi connectivity index (χ1n) is 7.37. The average Bonchev–Trinajstić information content (AvgIpc) is 2.99. The van der Waals surface area contributed by atoms with E-state index in [1.807, 2.05) is 20.8 Å². The minimum Gasteiger partial charge on any atom is -0.369 e. The second-order valence-electron chi connectivity index (χ2n) is 5.74. The Labute approximate surface area is 128 Å². The highest BCUT2D eigenvalue weighted by atomic mass is 16.5. The van der Waals surface area contributed by atoms with Crippen molar-refractivity contribution >= 4 is 5.91 Å². The third kappa shape index (κ3) is 2.64. The quantitative estimate of drug-likeness (QED) is 0.932. The van der Waals surface area contributed by atoms with Crippen molar-refractivity contribution in [3.63, 3.8) is 0 Å². The topological polar surface area (TPSA) is 82.2 Å². The van der Waals surface area contributed by atoms with E-state index in [4.69, 9.17) is 9.26 Å². The van der Waals surface area contributed by atoms with E-state index in [1.54, 1.807) is 17.8 Å². The number of carbonyl (C=O) groups excluding carboxylic acids is 1. The van der Waals surface area contributed by atoms with Crippen LogP contribution in [0.25, 0.3) is 0 Å². The van der Waals surface area contributed by atoms with E-state index in [-0.39, 0.29) is 18.1 Å². The monoisotopic (exact) mass is 304 g/mol. The summed E-state index contributed by atoms with van der Waals surface area (Å²) in [6.45, 7) is 6.12. The number of nitrogens with one attached hydrogen (secondary N) is 1. The van der Waals surface area contributed by atoms with Gasteiger partial charge in [-0.2, -0.15) is 5.10 Å². The van der Waals surface area contributed by atoms with Crippen LogP contribution in [0.1, 0.15) is 53.2 Å². The van der Waals surface area contributed by atoms with Crippen LogP contribution in [0.3, 0.4) is 0 Å².